The summed E-state index contributed by atoms with van der Waals surface area (Å²) in [5.41, 5.74) is 2.22. The van der Waals surface area contributed by atoms with Crippen LogP contribution in [0.2, 0.25) is 0 Å². The van der Waals surface area contributed by atoms with Crippen LogP contribution in [0.4, 0.5) is 5.00 Å². The van der Waals surface area contributed by atoms with E-state index in [4.69, 9.17) is 5.26 Å². The summed E-state index contributed by atoms with van der Waals surface area (Å²) in [6.45, 7) is 3.29. The van der Waals surface area contributed by atoms with Gasteiger partial charge >= 0.3 is 0 Å². The van der Waals surface area contributed by atoms with E-state index in [2.05, 4.69) is 4.98 Å². The summed E-state index contributed by atoms with van der Waals surface area (Å²) in [6.07, 6.45) is 1.93. The fraction of sp³-hybridized carbons (Fsp3) is 0.350. The van der Waals surface area contributed by atoms with E-state index < -0.39 is 0 Å². The van der Waals surface area contributed by atoms with Crippen molar-refractivity contribution < 1.29 is 14.4 Å². The molecule has 0 aromatic carbocycles. The minimum absolute atomic E-state index is 0.0673. The number of rotatable bonds is 2. The molecule has 0 saturated carbocycles. The van der Waals surface area contributed by atoms with E-state index in [0.717, 1.165) is 10.4 Å². The smallest absolute Gasteiger partial charge is 0.272 e. The van der Waals surface area contributed by atoms with E-state index in [1.54, 1.807) is 29.0 Å². The number of fused-ring (bicyclic) bond motifs is 3. The van der Waals surface area contributed by atoms with E-state index >= 15 is 0 Å². The van der Waals surface area contributed by atoms with Gasteiger partial charge in [-0.05, 0) is 31.0 Å². The van der Waals surface area contributed by atoms with Gasteiger partial charge in [0.2, 0.25) is 5.91 Å². The monoisotopic (exact) mass is 409 g/mol. The lowest BCUT2D eigenvalue weighted by Crippen LogP contribution is -2.38. The molecule has 0 N–H and O–H groups in total. The van der Waals surface area contributed by atoms with Crippen molar-refractivity contribution >= 4 is 34.1 Å². The minimum atomic E-state index is -0.212. The molecule has 3 amide bonds. The largest absolute Gasteiger partial charge is 0.332 e. The fourth-order valence-electron chi connectivity index (χ4n) is 3.71. The lowest BCUT2D eigenvalue weighted by Gasteiger charge is -2.27. The minimum Gasteiger partial charge on any atom is -0.332 e. The van der Waals surface area contributed by atoms with Crippen LogP contribution in [0, 0.1) is 11.3 Å². The van der Waals surface area contributed by atoms with Crippen LogP contribution in [0.15, 0.2) is 18.3 Å². The summed E-state index contributed by atoms with van der Waals surface area (Å²) in [4.78, 5) is 48.1. The Balaban J connectivity index is 1.66. The molecule has 0 atom stereocenters. The summed E-state index contributed by atoms with van der Waals surface area (Å²) in [6, 6.07) is 5.11. The zero-order valence-corrected chi connectivity index (χ0v) is 17.0. The number of nitriles is 1. The molecule has 2 aromatic rings. The van der Waals surface area contributed by atoms with Crippen LogP contribution in [0.1, 0.15) is 43.8 Å². The zero-order valence-electron chi connectivity index (χ0n) is 16.1. The van der Waals surface area contributed by atoms with Crippen molar-refractivity contribution in [3.8, 4) is 6.07 Å². The maximum atomic E-state index is 12.9. The summed E-state index contributed by atoms with van der Waals surface area (Å²) in [5, 5.41) is 9.57. The van der Waals surface area contributed by atoms with E-state index in [9.17, 15) is 14.4 Å². The number of likely N-dealkylation sites (N-methyl/N-ethyl adjacent to an activating group) is 2. The average Bonchev–Trinajstić information content (AvgIpc) is 3.07. The van der Waals surface area contributed by atoms with Gasteiger partial charge in [-0.15, -0.1) is 11.3 Å². The molecule has 2 aliphatic rings. The standard InChI is InChI=1S/C20H19N5O3S/c1-3-25-16(26)11-23(2)19(28)17-13-6-7-24(10-15(13)29-20(17)25)18(27)14-5-4-12(8-21)9-22-14/h4-5,9H,3,6-7,10-11H2,1-2H3. The first-order valence-corrected chi connectivity index (χ1v) is 10.1. The molecule has 4 heterocycles. The summed E-state index contributed by atoms with van der Waals surface area (Å²) < 4.78 is 0. The second-order valence-corrected chi connectivity index (χ2v) is 8.09. The first-order chi connectivity index (χ1) is 13.9. The molecule has 0 bridgehead atoms. The molecule has 0 spiro atoms. The fourth-order valence-corrected chi connectivity index (χ4v) is 5.14. The number of carbonyl (C=O) groups excluding carboxylic acids is 3. The molecule has 2 aliphatic heterocycles. The molecule has 2 aromatic heterocycles. The molecule has 9 heteroatoms. The van der Waals surface area contributed by atoms with Crippen molar-refractivity contribution in [3.63, 3.8) is 0 Å². The third-order valence-corrected chi connectivity index (χ3v) is 6.47. The van der Waals surface area contributed by atoms with Gasteiger partial charge in [-0.3, -0.25) is 14.4 Å². The highest BCUT2D eigenvalue weighted by molar-refractivity contribution is 7.17. The van der Waals surface area contributed by atoms with Gasteiger partial charge in [0.25, 0.3) is 11.8 Å². The number of nitrogens with zero attached hydrogens (tertiary/aromatic N) is 5. The number of amides is 3. The lowest BCUT2D eigenvalue weighted by atomic mass is 10.0. The van der Waals surface area contributed by atoms with Crippen LogP contribution in [0.3, 0.4) is 0 Å². The average molecular weight is 409 g/mol. The Bertz CT molecular complexity index is 1050. The normalized spacial score (nSPS) is 16.2. The van der Waals surface area contributed by atoms with E-state index in [0.29, 0.717) is 42.2 Å². The van der Waals surface area contributed by atoms with Gasteiger partial charge in [-0.2, -0.15) is 5.26 Å². The van der Waals surface area contributed by atoms with Crippen molar-refractivity contribution in [2.24, 2.45) is 0 Å². The predicted molar refractivity (Wildman–Crippen MR) is 107 cm³/mol. The molecule has 0 unspecified atom stereocenters. The molecule has 0 saturated heterocycles. The highest BCUT2D eigenvalue weighted by Gasteiger charge is 2.37. The Morgan fingerprint density at radius 3 is 2.76 bits per heavy atom. The van der Waals surface area contributed by atoms with Crippen LogP contribution >= 0.6 is 11.3 Å². The van der Waals surface area contributed by atoms with E-state index in [1.165, 1.54) is 22.4 Å². The lowest BCUT2D eigenvalue weighted by molar-refractivity contribution is -0.118. The van der Waals surface area contributed by atoms with Crippen molar-refractivity contribution in [2.45, 2.75) is 19.9 Å². The summed E-state index contributed by atoms with van der Waals surface area (Å²) in [5.74, 6) is -0.457. The van der Waals surface area contributed by atoms with Crippen molar-refractivity contribution in [3.05, 3.63) is 45.6 Å². The highest BCUT2D eigenvalue weighted by atomic mass is 32.1. The van der Waals surface area contributed by atoms with Crippen molar-refractivity contribution in [1.29, 1.82) is 5.26 Å². The maximum absolute atomic E-state index is 12.9. The van der Waals surface area contributed by atoms with Gasteiger partial charge in [-0.1, -0.05) is 0 Å². The Labute approximate surface area is 172 Å². The number of aromatic nitrogens is 1. The van der Waals surface area contributed by atoms with Gasteiger partial charge < -0.3 is 14.7 Å². The highest BCUT2D eigenvalue weighted by Crippen LogP contribution is 2.41. The topological polar surface area (TPSA) is 97.6 Å². The molecule has 0 fully saturated rings. The molecule has 8 nitrogen and oxygen atoms in total. The van der Waals surface area contributed by atoms with Gasteiger partial charge in [0.1, 0.15) is 23.3 Å². The van der Waals surface area contributed by atoms with Gasteiger partial charge in [0, 0.05) is 31.2 Å². The number of hydrogen-bond donors (Lipinski definition) is 0. The Morgan fingerprint density at radius 1 is 1.31 bits per heavy atom. The SMILES string of the molecule is CCN1C(=O)CN(C)C(=O)c2c1sc1c2CCN(C(=O)c2ccc(C#N)cn2)C1. The Kier molecular flexibility index (Phi) is 4.80. The van der Waals surface area contributed by atoms with Crippen molar-refractivity contribution in [1.82, 2.24) is 14.8 Å². The van der Waals surface area contributed by atoms with Gasteiger partial charge in [0.15, 0.2) is 0 Å². The first kappa shape index (κ1) is 19.1. The number of pyridine rings is 1. The van der Waals surface area contributed by atoms with E-state index in [1.807, 2.05) is 13.0 Å². The molecular weight excluding hydrogens is 390 g/mol. The second kappa shape index (κ2) is 7.29. The quantitative estimate of drug-likeness (QED) is 0.751. The third kappa shape index (κ3) is 3.15. The molecular formula is C20H19N5O3S. The molecule has 0 aliphatic carbocycles. The number of hydrogen-bond acceptors (Lipinski definition) is 6. The second-order valence-electron chi connectivity index (χ2n) is 7.00. The molecule has 29 heavy (non-hydrogen) atoms. The predicted octanol–water partition coefficient (Wildman–Crippen LogP) is 1.65. The molecule has 0 radical (unpaired) electrons. The molecule has 4 rings (SSSR count). The summed E-state index contributed by atoms with van der Waals surface area (Å²) >= 11 is 1.42. The number of carbonyl (C=O) groups is 3. The third-order valence-electron chi connectivity index (χ3n) is 5.23. The number of anilines is 1. The Morgan fingerprint density at radius 2 is 2.10 bits per heavy atom. The zero-order chi connectivity index (χ0) is 20.7. The summed E-state index contributed by atoms with van der Waals surface area (Å²) in [7, 11) is 1.64. The van der Waals surface area contributed by atoms with Gasteiger partial charge in [0.05, 0.1) is 17.7 Å². The van der Waals surface area contributed by atoms with Crippen LogP contribution in [-0.2, 0) is 17.8 Å². The number of thiophene rings is 1. The van der Waals surface area contributed by atoms with Crippen LogP contribution in [-0.4, -0.2) is 59.2 Å². The van der Waals surface area contributed by atoms with Crippen LogP contribution in [0.5, 0.6) is 0 Å². The van der Waals surface area contributed by atoms with Crippen LogP contribution < -0.4 is 4.90 Å². The first-order valence-electron chi connectivity index (χ1n) is 9.30. The Hall–Kier alpha value is -3.25. The van der Waals surface area contributed by atoms with Crippen molar-refractivity contribution in [2.75, 3.05) is 31.6 Å². The maximum Gasteiger partial charge on any atom is 0.272 e. The van der Waals surface area contributed by atoms with Gasteiger partial charge in [-0.25, -0.2) is 4.98 Å². The molecule has 148 valence electrons. The van der Waals surface area contributed by atoms with Crippen LogP contribution in [0.25, 0.3) is 0 Å². The van der Waals surface area contributed by atoms with E-state index in [-0.39, 0.29) is 30.0 Å².